The molecule has 12 heteroatoms. The fourth-order valence-corrected chi connectivity index (χ4v) is 2.24. The van der Waals surface area contributed by atoms with Gasteiger partial charge in [0.05, 0.1) is 11.1 Å². The van der Waals surface area contributed by atoms with Gasteiger partial charge in [0.1, 0.15) is 0 Å². The second-order valence-corrected chi connectivity index (χ2v) is 7.46. The molecule has 36 heavy (non-hydrogen) atoms. The van der Waals surface area contributed by atoms with Crippen LogP contribution >= 0.6 is 0 Å². The molecule has 12 nitrogen and oxygen atoms in total. The normalized spacial score (nSPS) is 9.33. The maximum Gasteiger partial charge on any atom is 0.335 e. The predicted octanol–water partition coefficient (Wildman–Crippen LogP) is 1.95. The lowest BCUT2D eigenvalue weighted by molar-refractivity contribution is -0.139. The van der Waals surface area contributed by atoms with Crippen molar-refractivity contribution in [2.24, 2.45) is 22.9 Å². The Kier molecular flexibility index (Phi) is 29.3. The number of aliphatic carboxylic acids is 2. The average molecular weight is 517 g/mol. The summed E-state index contributed by atoms with van der Waals surface area (Å²) < 4.78 is 0. The smallest absolute Gasteiger partial charge is 0.335 e. The van der Waals surface area contributed by atoms with E-state index in [-0.39, 0.29) is 24.0 Å². The number of hydrogen-bond donors (Lipinski definition) is 8. The van der Waals surface area contributed by atoms with Gasteiger partial charge in [-0.15, -0.1) is 0 Å². The van der Waals surface area contributed by atoms with Crippen molar-refractivity contribution >= 4 is 23.9 Å². The van der Waals surface area contributed by atoms with Gasteiger partial charge in [-0.05, 0) is 89.0 Å². The van der Waals surface area contributed by atoms with E-state index in [1.165, 1.54) is 37.1 Å². The van der Waals surface area contributed by atoms with Crippen molar-refractivity contribution in [3.8, 4) is 0 Å². The summed E-state index contributed by atoms with van der Waals surface area (Å²) in [5, 5.41) is 33.2. The van der Waals surface area contributed by atoms with Crippen LogP contribution in [0.5, 0.6) is 0 Å². The van der Waals surface area contributed by atoms with Gasteiger partial charge in [0, 0.05) is 12.8 Å². The van der Waals surface area contributed by atoms with Crippen molar-refractivity contribution in [1.82, 2.24) is 0 Å². The van der Waals surface area contributed by atoms with E-state index >= 15 is 0 Å². The number of rotatable bonds is 15. The maximum atomic E-state index is 10.3. The lowest BCUT2D eigenvalue weighted by Crippen LogP contribution is -2.03. The number of carbonyl (C=O) groups is 4. The molecule has 0 saturated carbocycles. The van der Waals surface area contributed by atoms with E-state index in [2.05, 4.69) is 0 Å². The van der Waals surface area contributed by atoms with Crippen molar-refractivity contribution in [3.63, 3.8) is 0 Å². The summed E-state index contributed by atoms with van der Waals surface area (Å²) in [4.78, 5) is 40.5. The van der Waals surface area contributed by atoms with E-state index in [1.54, 1.807) is 0 Å². The number of hydrogen-bond acceptors (Lipinski definition) is 8. The third-order valence-corrected chi connectivity index (χ3v) is 4.23. The Labute approximate surface area is 212 Å². The van der Waals surface area contributed by atoms with Crippen LogP contribution in [0, 0.1) is 0 Å². The second-order valence-electron chi connectivity index (χ2n) is 7.46. The summed E-state index contributed by atoms with van der Waals surface area (Å²) in [6.07, 6.45) is 7.94. The first kappa shape index (κ1) is 37.5. The summed E-state index contributed by atoms with van der Waals surface area (Å²) in [5.41, 5.74) is 21.0. The maximum absolute atomic E-state index is 10.3. The van der Waals surface area contributed by atoms with E-state index in [1.807, 2.05) is 0 Å². The molecule has 0 atom stereocenters. The molecule has 1 aromatic carbocycles. The zero-order valence-electron chi connectivity index (χ0n) is 20.9. The van der Waals surface area contributed by atoms with E-state index in [0.29, 0.717) is 12.8 Å². The molecule has 0 fully saturated rings. The van der Waals surface area contributed by atoms with Crippen LogP contribution in [-0.2, 0) is 9.59 Å². The summed E-state index contributed by atoms with van der Waals surface area (Å²) in [6.45, 7) is 3.20. The van der Waals surface area contributed by atoms with Crippen LogP contribution in [0.25, 0.3) is 0 Å². The molecule has 0 aliphatic carbocycles. The van der Waals surface area contributed by atoms with Gasteiger partial charge in [-0.1, -0.05) is 12.8 Å². The van der Waals surface area contributed by atoms with Crippen LogP contribution in [0.15, 0.2) is 24.3 Å². The number of aromatic carboxylic acids is 2. The number of unbranched alkanes of at least 4 members (excludes halogenated alkanes) is 5. The highest BCUT2D eigenvalue weighted by Crippen LogP contribution is 2.03. The molecule has 0 spiro atoms. The molecule has 12 N–H and O–H groups in total. The van der Waals surface area contributed by atoms with Gasteiger partial charge in [0.15, 0.2) is 0 Å². The highest BCUT2D eigenvalue weighted by molar-refractivity contribution is 5.91. The van der Waals surface area contributed by atoms with E-state index in [0.717, 1.165) is 51.9 Å². The van der Waals surface area contributed by atoms with Crippen LogP contribution in [-0.4, -0.2) is 70.5 Å². The molecule has 0 saturated heterocycles. The number of nitrogens with two attached hydrogens (primary N) is 4. The first-order valence-electron chi connectivity index (χ1n) is 11.9. The Morgan fingerprint density at radius 1 is 0.472 bits per heavy atom. The largest absolute Gasteiger partial charge is 0.481 e. The fraction of sp³-hybridized carbons (Fsp3) is 0.583. The molecule has 0 amide bonds. The van der Waals surface area contributed by atoms with Crippen LogP contribution < -0.4 is 22.9 Å². The van der Waals surface area contributed by atoms with Gasteiger partial charge < -0.3 is 43.4 Å². The highest BCUT2D eigenvalue weighted by Gasteiger charge is 2.04. The molecule has 0 aliphatic rings. The lowest BCUT2D eigenvalue weighted by atomic mass is 10.1. The van der Waals surface area contributed by atoms with Crippen LogP contribution in [0.3, 0.4) is 0 Å². The van der Waals surface area contributed by atoms with E-state index in [9.17, 15) is 19.2 Å². The quantitative estimate of drug-likeness (QED) is 0.156. The van der Waals surface area contributed by atoms with Gasteiger partial charge in [-0.3, -0.25) is 9.59 Å². The van der Waals surface area contributed by atoms with Gasteiger partial charge in [-0.2, -0.15) is 0 Å². The molecule has 0 heterocycles. The van der Waals surface area contributed by atoms with Crippen LogP contribution in [0.1, 0.15) is 84.9 Å². The lowest BCUT2D eigenvalue weighted by Gasteiger charge is -1.94. The molecule has 0 radical (unpaired) electrons. The summed E-state index contributed by atoms with van der Waals surface area (Å²) in [7, 11) is 0. The number of carboxylic acids is 4. The molecule has 0 unspecified atom stereocenters. The summed E-state index contributed by atoms with van der Waals surface area (Å²) in [6, 6.07) is 5.02. The standard InChI is InChI=1S/C8H6O4.C6H16N2.C6H10O4.C4H12N2/c9-7(10)5-1-2-6(4-3-5)8(11)12;7-5-3-1-2-4-6-8;7-5(8)3-1-2-4-6(9)10;5-3-1-2-4-6/h1-4H,(H,9,10)(H,11,12);1-8H2;1-4H2,(H,7,8)(H,9,10);1-6H2. The Balaban J connectivity index is -0.000000417. The molecular weight excluding hydrogens is 472 g/mol. The SMILES string of the molecule is NCCCCCCN.NCCCCN.O=C(O)CCCCC(=O)O.O=C(O)c1ccc(C(=O)O)cc1. The minimum absolute atomic E-state index is 0.0628. The van der Waals surface area contributed by atoms with Gasteiger partial charge in [0.2, 0.25) is 0 Å². The Morgan fingerprint density at radius 2 is 0.722 bits per heavy atom. The third kappa shape index (κ3) is 30.9. The fourth-order valence-electron chi connectivity index (χ4n) is 2.24. The monoisotopic (exact) mass is 516 g/mol. The molecule has 0 bridgehead atoms. The first-order valence-corrected chi connectivity index (χ1v) is 11.9. The highest BCUT2D eigenvalue weighted by atomic mass is 16.4. The zero-order valence-corrected chi connectivity index (χ0v) is 20.9. The van der Waals surface area contributed by atoms with Crippen LogP contribution in [0.4, 0.5) is 0 Å². The Hall–Kier alpha value is -3.06. The minimum atomic E-state index is -1.06. The predicted molar refractivity (Wildman–Crippen MR) is 138 cm³/mol. The van der Waals surface area contributed by atoms with Crippen molar-refractivity contribution in [2.75, 3.05) is 26.2 Å². The van der Waals surface area contributed by atoms with Gasteiger partial charge >= 0.3 is 23.9 Å². The molecule has 1 rings (SSSR count). The summed E-state index contributed by atoms with van der Waals surface area (Å²) in [5.74, 6) is -3.87. The summed E-state index contributed by atoms with van der Waals surface area (Å²) >= 11 is 0. The Bertz CT molecular complexity index is 641. The van der Waals surface area contributed by atoms with E-state index in [4.69, 9.17) is 43.4 Å². The number of benzene rings is 1. The average Bonchev–Trinajstić information content (AvgIpc) is 2.84. The van der Waals surface area contributed by atoms with Crippen LogP contribution in [0.2, 0.25) is 0 Å². The minimum Gasteiger partial charge on any atom is -0.481 e. The van der Waals surface area contributed by atoms with Crippen molar-refractivity contribution in [2.45, 2.75) is 64.2 Å². The van der Waals surface area contributed by atoms with Crippen molar-refractivity contribution < 1.29 is 39.6 Å². The van der Waals surface area contributed by atoms with Gasteiger partial charge in [0.25, 0.3) is 0 Å². The Morgan fingerprint density at radius 3 is 0.917 bits per heavy atom. The topological polar surface area (TPSA) is 253 Å². The number of carboxylic acid groups (broad SMARTS) is 4. The molecule has 208 valence electrons. The van der Waals surface area contributed by atoms with E-state index < -0.39 is 23.9 Å². The molecular formula is C24H44N4O8. The van der Waals surface area contributed by atoms with Crippen molar-refractivity contribution in [3.05, 3.63) is 35.4 Å². The zero-order chi connectivity index (χ0) is 28.2. The van der Waals surface area contributed by atoms with Crippen molar-refractivity contribution in [1.29, 1.82) is 0 Å². The molecule has 0 aromatic heterocycles. The third-order valence-electron chi connectivity index (χ3n) is 4.23. The molecule has 0 aliphatic heterocycles. The van der Waals surface area contributed by atoms with Gasteiger partial charge in [-0.25, -0.2) is 9.59 Å². The molecule has 1 aromatic rings. The first-order chi connectivity index (χ1) is 17.1. The second kappa shape index (κ2) is 28.2.